The minimum atomic E-state index is -0.802. The molecule has 2 aromatic rings. The van der Waals surface area contributed by atoms with Crippen LogP contribution < -0.4 is 16.0 Å². The number of rotatable bonds is 10. The van der Waals surface area contributed by atoms with Crippen LogP contribution in [0.25, 0.3) is 5.57 Å². The molecule has 0 bridgehead atoms. The van der Waals surface area contributed by atoms with Crippen molar-refractivity contribution < 1.29 is 14.1 Å². The van der Waals surface area contributed by atoms with Crippen molar-refractivity contribution in [1.29, 1.82) is 10.8 Å². The van der Waals surface area contributed by atoms with Gasteiger partial charge in [0.2, 0.25) is 11.8 Å². The Morgan fingerprint density at radius 3 is 2.51 bits per heavy atom. The molecule has 5 N–H and O–H groups in total. The molecule has 12 heteroatoms. The quantitative estimate of drug-likeness (QED) is 0.132. The van der Waals surface area contributed by atoms with E-state index in [1.165, 1.54) is 11.9 Å². The summed E-state index contributed by atoms with van der Waals surface area (Å²) < 4.78 is 11.8. The molecular weight excluding hydrogens is 613 g/mol. The minimum absolute atomic E-state index is 0.0239. The lowest BCUT2D eigenvalue weighted by molar-refractivity contribution is -0.132. The molecule has 0 saturated carbocycles. The van der Waals surface area contributed by atoms with E-state index < -0.39 is 11.2 Å². The molecule has 47 heavy (non-hydrogen) atoms. The van der Waals surface area contributed by atoms with Crippen LogP contribution in [0.5, 0.6) is 0 Å². The van der Waals surface area contributed by atoms with Crippen LogP contribution in [0.15, 0.2) is 53.5 Å². The number of nitrogens with two attached hydrogens (primary N) is 1. The third-order valence-electron chi connectivity index (χ3n) is 9.41. The summed E-state index contributed by atoms with van der Waals surface area (Å²) >= 11 is -0.802. The predicted octanol–water partition coefficient (Wildman–Crippen LogP) is 3.36. The van der Waals surface area contributed by atoms with Crippen molar-refractivity contribution in [2.75, 3.05) is 68.5 Å². The third-order valence-corrected chi connectivity index (χ3v) is 10.8. The molecule has 2 saturated heterocycles. The van der Waals surface area contributed by atoms with Crippen LogP contribution in [0.4, 0.5) is 11.4 Å². The van der Waals surface area contributed by atoms with Gasteiger partial charge in [-0.05, 0) is 55.6 Å². The Labute approximate surface area is 280 Å². The summed E-state index contributed by atoms with van der Waals surface area (Å²) in [6.45, 7) is 5.14. The van der Waals surface area contributed by atoms with E-state index in [1.807, 2.05) is 48.2 Å². The lowest BCUT2D eigenvalue weighted by Crippen LogP contribution is -2.42. The van der Waals surface area contributed by atoms with E-state index >= 15 is 0 Å². The van der Waals surface area contributed by atoms with Gasteiger partial charge in [0.15, 0.2) is 5.84 Å². The number of amides is 2. The van der Waals surface area contributed by atoms with Gasteiger partial charge < -0.3 is 30.8 Å². The van der Waals surface area contributed by atoms with Crippen LogP contribution >= 0.6 is 0 Å². The number of nitrogens with zero attached hydrogens (tertiary/aromatic N) is 4. The summed E-state index contributed by atoms with van der Waals surface area (Å²) in [6, 6.07) is 13.3. The Hall–Kier alpha value is -4.00. The zero-order valence-corrected chi connectivity index (χ0v) is 28.2. The molecule has 0 spiro atoms. The van der Waals surface area contributed by atoms with E-state index in [0.717, 1.165) is 23.2 Å². The number of hydrogen-bond donors (Lipinski definition) is 4. The van der Waals surface area contributed by atoms with Gasteiger partial charge in [-0.15, -0.1) is 0 Å². The summed E-state index contributed by atoms with van der Waals surface area (Å²) in [7, 11) is 1.74. The first-order valence-electron chi connectivity index (χ1n) is 16.4. The van der Waals surface area contributed by atoms with E-state index in [0.29, 0.717) is 87.0 Å². The van der Waals surface area contributed by atoms with Crippen molar-refractivity contribution in [2.45, 2.75) is 32.6 Å². The molecule has 3 aliphatic rings. The predicted molar refractivity (Wildman–Crippen MR) is 191 cm³/mol. The van der Waals surface area contributed by atoms with Gasteiger partial charge in [-0.3, -0.25) is 19.9 Å². The summed E-state index contributed by atoms with van der Waals surface area (Å²) in [5.74, 6) is 1.32. The summed E-state index contributed by atoms with van der Waals surface area (Å²) in [6.07, 6.45) is 6.47. The number of nitrogen functional groups attached to an aromatic ring is 1. The van der Waals surface area contributed by atoms with Crippen molar-refractivity contribution in [3.8, 4) is 0 Å². The number of carbonyl (C=O) groups excluding carboxylic acids is 2. The van der Waals surface area contributed by atoms with Gasteiger partial charge in [0, 0.05) is 80.2 Å². The first-order chi connectivity index (χ1) is 22.7. The van der Waals surface area contributed by atoms with Crippen molar-refractivity contribution in [1.82, 2.24) is 15.1 Å². The van der Waals surface area contributed by atoms with Crippen LogP contribution in [0, 0.1) is 22.7 Å². The summed E-state index contributed by atoms with van der Waals surface area (Å²) in [5.41, 5.74) is 11.7. The SMILES string of the molecule is CCN(C(=O)[C@@H]1CCN(CC(=O)N2CC=C(c3ccc(C(=N)/N=C\NC)cc3)CC2)C1)c1ccc(N)c(C(=N)C2CC[S+]([O-])CC2)c1. The van der Waals surface area contributed by atoms with Crippen LogP contribution in [0.2, 0.25) is 0 Å². The Kier molecular flexibility index (Phi) is 11.5. The summed E-state index contributed by atoms with van der Waals surface area (Å²) in [4.78, 5) is 36.8. The molecular formula is C35H46N8O3S. The van der Waals surface area contributed by atoms with Gasteiger partial charge >= 0.3 is 0 Å². The van der Waals surface area contributed by atoms with Crippen molar-refractivity contribution in [2.24, 2.45) is 16.8 Å². The van der Waals surface area contributed by atoms with E-state index in [4.69, 9.17) is 16.6 Å². The lowest BCUT2D eigenvalue weighted by Gasteiger charge is -2.29. The monoisotopic (exact) mass is 658 g/mol. The Balaban J connectivity index is 1.14. The standard InChI is InChI=1S/C35H46N8O3S/c1-3-43(29-8-9-31(36)30(20-29)33(37)26-13-18-47(46)19-14-26)35(45)28-10-15-41(21-28)22-32(44)42-16-11-25(12-17-42)24-4-6-27(7-5-24)34(38)40-23-39-2/h4-9,11,20,23,26,28,37H,3,10,12-19,21-22,36H2,1-2H3,(H2,38,39,40)/t26?,28-,47?/m1/s1. The molecule has 250 valence electrons. The molecule has 2 amide bonds. The van der Waals surface area contributed by atoms with Gasteiger partial charge in [-0.25, -0.2) is 4.99 Å². The third kappa shape index (κ3) is 8.30. The molecule has 0 unspecified atom stereocenters. The van der Waals surface area contributed by atoms with Crippen LogP contribution in [0.3, 0.4) is 0 Å². The molecule has 3 aliphatic heterocycles. The molecule has 11 nitrogen and oxygen atoms in total. The maximum Gasteiger partial charge on any atom is 0.237 e. The first kappa shape index (κ1) is 34.3. The fraction of sp³-hybridized carbons (Fsp3) is 0.457. The zero-order valence-electron chi connectivity index (χ0n) is 27.3. The Bertz CT molecular complexity index is 1530. The average molecular weight is 659 g/mol. The highest BCUT2D eigenvalue weighted by Gasteiger charge is 2.34. The fourth-order valence-corrected chi connectivity index (χ4v) is 7.91. The highest BCUT2D eigenvalue weighted by molar-refractivity contribution is 7.91. The highest BCUT2D eigenvalue weighted by atomic mass is 32.2. The van der Waals surface area contributed by atoms with Crippen LogP contribution in [-0.2, 0) is 20.8 Å². The number of nitrogens with one attached hydrogen (secondary N) is 3. The maximum atomic E-state index is 13.7. The molecule has 3 heterocycles. The number of amidine groups is 1. The summed E-state index contributed by atoms with van der Waals surface area (Å²) in [5, 5.41) is 19.7. The number of likely N-dealkylation sites (tertiary alicyclic amines) is 1. The number of hydrogen-bond acceptors (Lipinski definition) is 7. The fourth-order valence-electron chi connectivity index (χ4n) is 6.61. The largest absolute Gasteiger partial charge is 0.616 e. The van der Waals surface area contributed by atoms with E-state index in [9.17, 15) is 14.1 Å². The van der Waals surface area contributed by atoms with Gasteiger partial charge in [0.05, 0.1) is 18.8 Å². The normalized spacial score (nSPS) is 21.8. The number of aliphatic imine (C=N–C) groups is 1. The maximum absolute atomic E-state index is 13.7. The van der Waals surface area contributed by atoms with E-state index in [1.54, 1.807) is 18.0 Å². The van der Waals surface area contributed by atoms with E-state index in [-0.39, 0.29) is 29.5 Å². The molecule has 0 radical (unpaired) electrons. The molecule has 2 aromatic carbocycles. The smallest absolute Gasteiger partial charge is 0.237 e. The zero-order chi connectivity index (χ0) is 33.5. The minimum Gasteiger partial charge on any atom is -0.616 e. The molecule has 0 aromatic heterocycles. The second-order valence-corrected chi connectivity index (χ2v) is 14.1. The number of benzene rings is 2. The highest BCUT2D eigenvalue weighted by Crippen LogP contribution is 2.30. The second-order valence-electron chi connectivity index (χ2n) is 12.4. The van der Waals surface area contributed by atoms with Gasteiger partial charge in [0.1, 0.15) is 11.5 Å². The van der Waals surface area contributed by atoms with Crippen LogP contribution in [-0.4, -0.2) is 102 Å². The first-order valence-corrected chi connectivity index (χ1v) is 17.9. The van der Waals surface area contributed by atoms with E-state index in [2.05, 4.69) is 21.3 Å². The molecule has 1 atom stereocenters. The Morgan fingerprint density at radius 1 is 1.11 bits per heavy atom. The Morgan fingerprint density at radius 2 is 1.85 bits per heavy atom. The number of carbonyl (C=O) groups is 2. The van der Waals surface area contributed by atoms with Crippen molar-refractivity contribution >= 4 is 57.8 Å². The molecule has 0 aliphatic carbocycles. The topological polar surface area (TPSA) is 165 Å². The van der Waals surface area contributed by atoms with Crippen molar-refractivity contribution in [3.63, 3.8) is 0 Å². The lowest BCUT2D eigenvalue weighted by atomic mass is 9.90. The average Bonchev–Trinajstić information content (AvgIpc) is 3.56. The van der Waals surface area contributed by atoms with Gasteiger partial charge in [-0.1, -0.05) is 41.5 Å². The second kappa shape index (κ2) is 15.7. The van der Waals surface area contributed by atoms with Gasteiger partial charge in [0.25, 0.3) is 0 Å². The van der Waals surface area contributed by atoms with Crippen molar-refractivity contribution in [3.05, 3.63) is 65.2 Å². The van der Waals surface area contributed by atoms with Gasteiger partial charge in [-0.2, -0.15) is 0 Å². The molecule has 5 rings (SSSR count). The number of anilines is 2. The van der Waals surface area contributed by atoms with Crippen LogP contribution in [0.1, 0.15) is 49.3 Å². The molecule has 2 fully saturated rings.